The number of hydrogen-bond donors (Lipinski definition) is 2. The molecule has 1 aliphatic heterocycles. The van der Waals surface area contributed by atoms with Crippen molar-refractivity contribution in [2.45, 2.75) is 56.9 Å². The fourth-order valence-corrected chi connectivity index (χ4v) is 5.12. The number of fused-ring (bicyclic) bond motifs is 3. The largest absolute Gasteiger partial charge is 0.480 e. The van der Waals surface area contributed by atoms with E-state index >= 15 is 0 Å². The van der Waals surface area contributed by atoms with Gasteiger partial charge in [0.2, 0.25) is 5.91 Å². The van der Waals surface area contributed by atoms with Crippen molar-refractivity contribution in [3.05, 3.63) is 59.7 Å². The number of carbonyl (C=O) groups is 3. The predicted octanol–water partition coefficient (Wildman–Crippen LogP) is 4.55. The fraction of sp³-hybridized carbons (Fsp3) is 0.444. The molecule has 0 saturated carbocycles. The van der Waals surface area contributed by atoms with E-state index in [0.717, 1.165) is 12.8 Å². The third-order valence-corrected chi connectivity index (χ3v) is 7.08. The highest BCUT2D eigenvalue weighted by Crippen LogP contribution is 2.44. The van der Waals surface area contributed by atoms with Gasteiger partial charge in [-0.05, 0) is 61.3 Å². The zero-order valence-electron chi connectivity index (χ0n) is 19.6. The van der Waals surface area contributed by atoms with Crippen LogP contribution in [0.4, 0.5) is 4.79 Å². The molecule has 1 unspecified atom stereocenters. The second-order valence-corrected chi connectivity index (χ2v) is 9.29. The van der Waals surface area contributed by atoms with E-state index < -0.39 is 17.6 Å². The Hall–Kier alpha value is -3.35. The number of hydrogen-bond acceptors (Lipinski definition) is 4. The standard InChI is InChI=1S/C27H32N2O5/c1-27(25(31)32)15-7-9-17-29(27)24(30)14-6-8-16-28-26(33)34-18-23-21-12-4-2-10-19(21)20-11-3-5-13-22(20)23/h2-5,10-13,23H,6-9,14-18H2,1H3,(H,28,33)(H,31,32). The molecule has 4 rings (SSSR count). The summed E-state index contributed by atoms with van der Waals surface area (Å²) in [5.41, 5.74) is 3.59. The molecule has 2 aromatic rings. The van der Waals surface area contributed by atoms with E-state index in [0.29, 0.717) is 32.4 Å². The van der Waals surface area contributed by atoms with Crippen LogP contribution in [-0.4, -0.2) is 53.2 Å². The number of carboxylic acids is 1. The number of alkyl carbamates (subject to hydrolysis) is 1. The topological polar surface area (TPSA) is 95.9 Å². The maximum Gasteiger partial charge on any atom is 0.407 e. The first-order valence-corrected chi connectivity index (χ1v) is 12.0. The van der Waals surface area contributed by atoms with Crippen LogP contribution in [0.3, 0.4) is 0 Å². The van der Waals surface area contributed by atoms with Gasteiger partial charge in [-0.25, -0.2) is 9.59 Å². The van der Waals surface area contributed by atoms with Gasteiger partial charge in [0.05, 0.1) is 0 Å². The molecule has 0 aromatic heterocycles. The number of benzene rings is 2. The monoisotopic (exact) mass is 464 g/mol. The minimum absolute atomic E-state index is 0.0175. The third kappa shape index (κ3) is 4.79. The van der Waals surface area contributed by atoms with E-state index in [-0.39, 0.29) is 24.9 Å². The Morgan fingerprint density at radius 2 is 1.68 bits per heavy atom. The summed E-state index contributed by atoms with van der Waals surface area (Å²) in [6.07, 6.45) is 3.13. The first-order valence-electron chi connectivity index (χ1n) is 12.0. The van der Waals surface area contributed by atoms with Crippen LogP contribution in [0.25, 0.3) is 11.1 Å². The lowest BCUT2D eigenvalue weighted by atomic mass is 9.88. The number of carboxylic acid groups (broad SMARTS) is 1. The number of nitrogens with zero attached hydrogens (tertiary/aromatic N) is 1. The van der Waals surface area contributed by atoms with Gasteiger partial charge in [-0.15, -0.1) is 0 Å². The number of ether oxygens (including phenoxy) is 1. The quantitative estimate of drug-likeness (QED) is 0.559. The van der Waals surface area contributed by atoms with Gasteiger partial charge in [-0.1, -0.05) is 48.5 Å². The van der Waals surface area contributed by atoms with E-state index in [1.807, 2.05) is 24.3 Å². The number of amides is 2. The van der Waals surface area contributed by atoms with Crippen LogP contribution in [0, 0.1) is 0 Å². The highest BCUT2D eigenvalue weighted by Gasteiger charge is 2.43. The second kappa shape index (κ2) is 10.3. The summed E-state index contributed by atoms with van der Waals surface area (Å²) in [6.45, 7) is 2.78. The molecule has 1 aliphatic carbocycles. The number of aliphatic carboxylic acids is 1. The molecule has 0 radical (unpaired) electrons. The molecule has 2 aromatic carbocycles. The van der Waals surface area contributed by atoms with Crippen LogP contribution in [0.1, 0.15) is 62.5 Å². The second-order valence-electron chi connectivity index (χ2n) is 9.29. The number of nitrogens with one attached hydrogen (secondary N) is 1. The Morgan fingerprint density at radius 3 is 2.32 bits per heavy atom. The van der Waals surface area contributed by atoms with E-state index in [4.69, 9.17) is 4.74 Å². The predicted molar refractivity (Wildman–Crippen MR) is 129 cm³/mol. The molecule has 7 nitrogen and oxygen atoms in total. The van der Waals surface area contributed by atoms with Gasteiger partial charge in [0.25, 0.3) is 0 Å². The van der Waals surface area contributed by atoms with Gasteiger partial charge < -0.3 is 20.1 Å². The summed E-state index contributed by atoms with van der Waals surface area (Å²) < 4.78 is 5.53. The van der Waals surface area contributed by atoms with Crippen LogP contribution < -0.4 is 5.32 Å². The highest BCUT2D eigenvalue weighted by atomic mass is 16.5. The normalized spacial score (nSPS) is 19.3. The van der Waals surface area contributed by atoms with Gasteiger partial charge in [0, 0.05) is 25.4 Å². The first-order chi connectivity index (χ1) is 16.4. The average molecular weight is 465 g/mol. The van der Waals surface area contributed by atoms with Crippen LogP contribution in [0.2, 0.25) is 0 Å². The number of rotatable bonds is 8. The Balaban J connectivity index is 1.20. The molecule has 1 atom stereocenters. The minimum Gasteiger partial charge on any atom is -0.480 e. The van der Waals surface area contributed by atoms with E-state index in [2.05, 4.69) is 29.6 Å². The Kier molecular flexibility index (Phi) is 7.20. The van der Waals surface area contributed by atoms with Crippen LogP contribution in [0.15, 0.2) is 48.5 Å². The van der Waals surface area contributed by atoms with Gasteiger partial charge in [0.15, 0.2) is 0 Å². The minimum atomic E-state index is -1.12. The Labute approximate surface area is 200 Å². The SMILES string of the molecule is CC1(C(=O)O)CCCCN1C(=O)CCCCNC(=O)OCC1c2ccccc2-c2ccccc21. The lowest BCUT2D eigenvalue weighted by Crippen LogP contribution is -2.57. The summed E-state index contributed by atoms with van der Waals surface area (Å²) in [5, 5.41) is 12.3. The van der Waals surface area contributed by atoms with Crippen molar-refractivity contribution in [2.75, 3.05) is 19.7 Å². The van der Waals surface area contributed by atoms with Crippen molar-refractivity contribution in [1.29, 1.82) is 0 Å². The Morgan fingerprint density at radius 1 is 1.03 bits per heavy atom. The summed E-state index contributed by atoms with van der Waals surface area (Å²) in [4.78, 5) is 38.1. The van der Waals surface area contributed by atoms with Gasteiger partial charge in [-0.3, -0.25) is 4.79 Å². The van der Waals surface area contributed by atoms with Crippen molar-refractivity contribution in [3.8, 4) is 11.1 Å². The van der Waals surface area contributed by atoms with Crippen molar-refractivity contribution >= 4 is 18.0 Å². The molecule has 1 fully saturated rings. The molecule has 7 heteroatoms. The number of unbranched alkanes of at least 4 members (excludes halogenated alkanes) is 1. The molecule has 2 aliphatic rings. The van der Waals surface area contributed by atoms with Crippen molar-refractivity contribution < 1.29 is 24.2 Å². The molecular weight excluding hydrogens is 432 g/mol. The van der Waals surface area contributed by atoms with Gasteiger partial charge in [0.1, 0.15) is 12.1 Å². The lowest BCUT2D eigenvalue weighted by Gasteiger charge is -2.41. The highest BCUT2D eigenvalue weighted by molar-refractivity contribution is 5.87. The third-order valence-electron chi connectivity index (χ3n) is 7.08. The molecule has 34 heavy (non-hydrogen) atoms. The van der Waals surface area contributed by atoms with Gasteiger partial charge in [-0.2, -0.15) is 0 Å². The average Bonchev–Trinajstić information content (AvgIpc) is 3.16. The molecule has 0 spiro atoms. The van der Waals surface area contributed by atoms with Crippen molar-refractivity contribution in [3.63, 3.8) is 0 Å². The van der Waals surface area contributed by atoms with E-state index in [1.165, 1.54) is 27.2 Å². The number of carbonyl (C=O) groups excluding carboxylic acids is 2. The maximum absolute atomic E-state index is 12.6. The summed E-state index contributed by atoms with van der Waals surface area (Å²) in [6, 6.07) is 16.4. The van der Waals surface area contributed by atoms with Gasteiger partial charge >= 0.3 is 12.1 Å². The van der Waals surface area contributed by atoms with Crippen LogP contribution in [0.5, 0.6) is 0 Å². The lowest BCUT2D eigenvalue weighted by molar-refractivity contribution is -0.161. The molecule has 180 valence electrons. The van der Waals surface area contributed by atoms with Crippen LogP contribution >= 0.6 is 0 Å². The summed E-state index contributed by atoms with van der Waals surface area (Å²) in [5.74, 6) is -1.06. The molecule has 1 heterocycles. The molecular formula is C27H32N2O5. The zero-order valence-corrected chi connectivity index (χ0v) is 19.6. The molecule has 0 bridgehead atoms. The Bertz CT molecular complexity index is 1020. The van der Waals surface area contributed by atoms with E-state index in [9.17, 15) is 19.5 Å². The summed E-state index contributed by atoms with van der Waals surface area (Å²) >= 11 is 0. The van der Waals surface area contributed by atoms with Crippen molar-refractivity contribution in [2.24, 2.45) is 0 Å². The van der Waals surface area contributed by atoms with Crippen LogP contribution in [-0.2, 0) is 14.3 Å². The van der Waals surface area contributed by atoms with E-state index in [1.54, 1.807) is 6.92 Å². The first kappa shape index (κ1) is 23.8. The van der Waals surface area contributed by atoms with Crippen molar-refractivity contribution in [1.82, 2.24) is 10.2 Å². The zero-order chi connectivity index (χ0) is 24.1. The maximum atomic E-state index is 12.6. The number of likely N-dealkylation sites (tertiary alicyclic amines) is 1. The number of piperidine rings is 1. The molecule has 2 amide bonds. The molecule has 1 saturated heterocycles. The fourth-order valence-electron chi connectivity index (χ4n) is 5.12. The smallest absolute Gasteiger partial charge is 0.407 e. The summed E-state index contributed by atoms with van der Waals surface area (Å²) in [7, 11) is 0. The molecule has 2 N–H and O–H groups in total.